The van der Waals surface area contributed by atoms with Gasteiger partial charge in [-0.3, -0.25) is 0 Å². The second-order valence-electron chi connectivity index (χ2n) is 6.52. The second kappa shape index (κ2) is 8.97. The maximum atomic E-state index is 13.4. The van der Waals surface area contributed by atoms with Crippen LogP contribution in [0.2, 0.25) is 5.02 Å². The number of allylic oxidation sites excluding steroid dienone is 1. The van der Waals surface area contributed by atoms with Crippen LogP contribution in [0.3, 0.4) is 0 Å². The van der Waals surface area contributed by atoms with Gasteiger partial charge in [-0.25, -0.2) is 9.37 Å². The number of aromatic nitrogens is 2. The molecule has 7 heteroatoms. The summed E-state index contributed by atoms with van der Waals surface area (Å²) in [6, 6.07) is 9.83. The van der Waals surface area contributed by atoms with E-state index in [0.29, 0.717) is 45.5 Å². The van der Waals surface area contributed by atoms with E-state index in [4.69, 9.17) is 21.1 Å². The van der Waals surface area contributed by atoms with Crippen LogP contribution < -0.4 is 9.47 Å². The molecule has 0 saturated heterocycles. The number of ether oxygens (including phenoxy) is 2. The number of imidazole rings is 1. The summed E-state index contributed by atoms with van der Waals surface area (Å²) in [7, 11) is 0. The minimum Gasteiger partial charge on any atom is -0.490 e. The second-order valence-corrected chi connectivity index (χ2v) is 6.92. The normalized spacial score (nSPS) is 12.6. The Bertz CT molecular complexity index is 1100. The number of aromatic amines is 1. The molecular formula is C22H21ClFN3O2. The van der Waals surface area contributed by atoms with E-state index < -0.39 is 0 Å². The van der Waals surface area contributed by atoms with Crippen LogP contribution in [0.25, 0.3) is 22.7 Å². The van der Waals surface area contributed by atoms with Crippen LogP contribution in [0, 0.1) is 17.1 Å². The molecule has 0 aliphatic carbocycles. The van der Waals surface area contributed by atoms with Crippen LogP contribution in [-0.2, 0) is 0 Å². The van der Waals surface area contributed by atoms with Gasteiger partial charge in [0.2, 0.25) is 0 Å². The Morgan fingerprint density at radius 1 is 1.34 bits per heavy atom. The molecular weight excluding hydrogens is 393 g/mol. The molecule has 1 atom stereocenters. The summed E-state index contributed by atoms with van der Waals surface area (Å²) >= 11 is 6.44. The van der Waals surface area contributed by atoms with Crippen LogP contribution in [0.4, 0.5) is 4.39 Å². The van der Waals surface area contributed by atoms with Crippen LogP contribution in [0.15, 0.2) is 30.3 Å². The highest BCUT2D eigenvalue weighted by Crippen LogP contribution is 2.38. The van der Waals surface area contributed by atoms with Gasteiger partial charge < -0.3 is 14.5 Å². The first-order valence-corrected chi connectivity index (χ1v) is 9.73. The van der Waals surface area contributed by atoms with Crippen molar-refractivity contribution in [1.82, 2.24) is 9.97 Å². The zero-order chi connectivity index (χ0) is 21.0. The monoisotopic (exact) mass is 413 g/mol. The Morgan fingerprint density at radius 3 is 2.83 bits per heavy atom. The zero-order valence-electron chi connectivity index (χ0n) is 16.4. The number of rotatable bonds is 7. The third-order valence-electron chi connectivity index (χ3n) is 4.36. The molecule has 0 spiro atoms. The molecule has 0 radical (unpaired) electrons. The predicted octanol–water partition coefficient (Wildman–Crippen LogP) is 6.00. The smallest absolute Gasteiger partial charge is 0.180 e. The van der Waals surface area contributed by atoms with Crippen LogP contribution in [0.1, 0.15) is 38.6 Å². The fourth-order valence-corrected chi connectivity index (χ4v) is 3.03. The van der Waals surface area contributed by atoms with Gasteiger partial charge in [0.1, 0.15) is 17.7 Å². The molecule has 1 aromatic heterocycles. The molecule has 3 aromatic rings. The first kappa shape index (κ1) is 20.7. The Kier molecular flexibility index (Phi) is 6.40. The van der Waals surface area contributed by atoms with Gasteiger partial charge in [-0.1, -0.05) is 18.5 Å². The van der Waals surface area contributed by atoms with Crippen molar-refractivity contribution in [3.8, 4) is 17.6 Å². The number of nitriles is 1. The van der Waals surface area contributed by atoms with Gasteiger partial charge in [-0.05, 0) is 62.2 Å². The molecule has 2 aromatic carbocycles. The molecule has 1 heterocycles. The Balaban J connectivity index is 2.03. The number of nitrogens with one attached hydrogen (secondary N) is 1. The highest BCUT2D eigenvalue weighted by Gasteiger charge is 2.16. The van der Waals surface area contributed by atoms with Crippen molar-refractivity contribution >= 4 is 34.3 Å². The summed E-state index contributed by atoms with van der Waals surface area (Å²) in [5.41, 5.74) is 2.05. The molecule has 0 fully saturated rings. The van der Waals surface area contributed by atoms with E-state index >= 15 is 0 Å². The van der Waals surface area contributed by atoms with Gasteiger partial charge in [0.05, 0.1) is 34.3 Å². The van der Waals surface area contributed by atoms with Gasteiger partial charge in [-0.15, -0.1) is 0 Å². The van der Waals surface area contributed by atoms with Crippen LogP contribution in [-0.4, -0.2) is 22.7 Å². The largest absolute Gasteiger partial charge is 0.490 e. The van der Waals surface area contributed by atoms with Gasteiger partial charge in [0.15, 0.2) is 11.5 Å². The Hall–Kier alpha value is -3.04. The average Bonchev–Trinajstić information content (AvgIpc) is 3.11. The van der Waals surface area contributed by atoms with Gasteiger partial charge in [0, 0.05) is 0 Å². The summed E-state index contributed by atoms with van der Waals surface area (Å²) in [5.74, 6) is 0.968. The van der Waals surface area contributed by atoms with E-state index in [1.165, 1.54) is 12.1 Å². The van der Waals surface area contributed by atoms with Crippen LogP contribution in [0.5, 0.6) is 11.5 Å². The third kappa shape index (κ3) is 4.69. The predicted molar refractivity (Wildman–Crippen MR) is 113 cm³/mol. The first-order chi connectivity index (χ1) is 13.9. The molecule has 0 bridgehead atoms. The molecule has 29 heavy (non-hydrogen) atoms. The number of nitrogens with zero attached hydrogens (tertiary/aromatic N) is 2. The minimum atomic E-state index is -0.375. The summed E-state index contributed by atoms with van der Waals surface area (Å²) < 4.78 is 25.0. The minimum absolute atomic E-state index is 0.0151. The molecule has 150 valence electrons. The van der Waals surface area contributed by atoms with Crippen molar-refractivity contribution in [3.05, 3.63) is 52.6 Å². The number of H-pyrrole nitrogens is 1. The summed E-state index contributed by atoms with van der Waals surface area (Å²) in [5, 5.41) is 10.0. The van der Waals surface area contributed by atoms with Crippen molar-refractivity contribution in [3.63, 3.8) is 0 Å². The quantitative estimate of drug-likeness (QED) is 0.482. The van der Waals surface area contributed by atoms with Crippen LogP contribution >= 0.6 is 11.6 Å². The van der Waals surface area contributed by atoms with E-state index in [1.807, 2.05) is 20.8 Å². The fourth-order valence-electron chi connectivity index (χ4n) is 2.76. The van der Waals surface area contributed by atoms with E-state index in [1.54, 1.807) is 24.3 Å². The first-order valence-electron chi connectivity index (χ1n) is 9.35. The number of halogens is 2. The third-order valence-corrected chi connectivity index (χ3v) is 4.64. The SMILES string of the molecule is CCOc1cc(/C=C(/C#N)c2nc3ccc(F)cc3[nH]2)cc(Cl)c1O[C@@H](C)CC. The van der Waals surface area contributed by atoms with Crippen molar-refractivity contribution in [1.29, 1.82) is 5.26 Å². The van der Waals surface area contributed by atoms with E-state index in [9.17, 15) is 9.65 Å². The zero-order valence-corrected chi connectivity index (χ0v) is 17.2. The van der Waals surface area contributed by atoms with Crippen molar-refractivity contribution in [2.45, 2.75) is 33.3 Å². The van der Waals surface area contributed by atoms with E-state index in [0.717, 1.165) is 6.42 Å². The van der Waals surface area contributed by atoms with Crippen molar-refractivity contribution < 1.29 is 13.9 Å². The number of fused-ring (bicyclic) bond motifs is 1. The number of hydrogen-bond donors (Lipinski definition) is 1. The molecule has 5 nitrogen and oxygen atoms in total. The lowest BCUT2D eigenvalue weighted by Crippen LogP contribution is -2.11. The molecule has 0 aliphatic heterocycles. The van der Waals surface area contributed by atoms with Gasteiger partial charge >= 0.3 is 0 Å². The van der Waals surface area contributed by atoms with E-state index in [-0.39, 0.29) is 17.5 Å². The highest BCUT2D eigenvalue weighted by molar-refractivity contribution is 6.32. The van der Waals surface area contributed by atoms with Gasteiger partial charge in [-0.2, -0.15) is 5.26 Å². The maximum Gasteiger partial charge on any atom is 0.180 e. The lowest BCUT2D eigenvalue weighted by atomic mass is 10.1. The lowest BCUT2D eigenvalue weighted by molar-refractivity contribution is 0.203. The van der Waals surface area contributed by atoms with Crippen molar-refractivity contribution in [2.24, 2.45) is 0 Å². The standard InChI is InChI=1S/C22H21ClFN3O2/c1-4-13(3)29-21-17(23)9-14(10-20(21)28-5-2)8-15(12-25)22-26-18-7-6-16(24)11-19(18)27-22/h6-11,13H,4-5H2,1-3H3,(H,26,27)/b15-8-/t13-/m0/s1. The Labute approximate surface area is 173 Å². The summed E-state index contributed by atoms with van der Waals surface area (Å²) in [4.78, 5) is 7.34. The molecule has 0 aliphatic rings. The highest BCUT2D eigenvalue weighted by atomic mass is 35.5. The van der Waals surface area contributed by atoms with Crippen molar-refractivity contribution in [2.75, 3.05) is 6.61 Å². The fraction of sp³-hybridized carbons (Fsp3) is 0.273. The maximum absolute atomic E-state index is 13.4. The molecule has 0 unspecified atom stereocenters. The average molecular weight is 414 g/mol. The Morgan fingerprint density at radius 2 is 2.14 bits per heavy atom. The molecule has 0 saturated carbocycles. The summed E-state index contributed by atoms with van der Waals surface area (Å²) in [6.45, 7) is 6.30. The number of benzene rings is 2. The molecule has 1 N–H and O–H groups in total. The molecule has 0 amide bonds. The molecule has 3 rings (SSSR count). The topological polar surface area (TPSA) is 70.9 Å². The lowest BCUT2D eigenvalue weighted by Gasteiger charge is -2.18. The van der Waals surface area contributed by atoms with Gasteiger partial charge in [0.25, 0.3) is 0 Å². The number of hydrogen-bond acceptors (Lipinski definition) is 4. The summed E-state index contributed by atoms with van der Waals surface area (Å²) in [6.07, 6.45) is 2.46. The van der Waals surface area contributed by atoms with E-state index in [2.05, 4.69) is 16.0 Å².